The molecule has 13 nitrogen and oxygen atoms in total. The van der Waals surface area contributed by atoms with E-state index in [4.69, 9.17) is 15.0 Å². The molecule has 8 aromatic rings. The van der Waals surface area contributed by atoms with Crippen LogP contribution in [0, 0.1) is 41.5 Å². The molecular formula is C69H81NaO13. The zero-order valence-electron chi connectivity index (χ0n) is 50.1. The molecule has 83 heavy (non-hydrogen) atoms. The normalized spacial score (nSPS) is 11.3. The maximum atomic E-state index is 10.5. The second-order valence-corrected chi connectivity index (χ2v) is 22.2. The van der Waals surface area contributed by atoms with Crippen molar-refractivity contribution in [1.29, 1.82) is 0 Å². The molecule has 0 saturated carbocycles. The smallest absolute Gasteiger partial charge is 0.870 e. The maximum Gasteiger partial charge on any atom is 1.00 e. The van der Waals surface area contributed by atoms with Gasteiger partial charge in [0.2, 0.25) is 0 Å². The van der Waals surface area contributed by atoms with E-state index in [1.54, 1.807) is 57.2 Å². The van der Waals surface area contributed by atoms with Crippen molar-refractivity contribution in [3.05, 3.63) is 240 Å². The number of benzene rings is 8. The summed E-state index contributed by atoms with van der Waals surface area (Å²) in [5.74, 6) is 0.690. The summed E-state index contributed by atoms with van der Waals surface area (Å²) >= 11 is 0. The summed E-state index contributed by atoms with van der Waals surface area (Å²) in [7, 11) is 0. The maximum absolute atomic E-state index is 10.5. The van der Waals surface area contributed by atoms with Gasteiger partial charge in [0.15, 0.2) is 11.5 Å². The molecule has 14 heteroatoms. The number of phenolic OH excluding ortho intramolecular Hbond substituents is 5. The minimum atomic E-state index is -0.777. The molecule has 0 amide bonds. The zero-order chi connectivity index (χ0) is 60.5. The fraction of sp³-hybridized carbons (Fsp3) is 0.290. The molecule has 8 rings (SSSR count). The molecule has 0 bridgehead atoms. The monoisotopic (exact) mass is 1140 g/mol. The van der Waals surface area contributed by atoms with Gasteiger partial charge in [-0.1, -0.05) is 131 Å². The van der Waals surface area contributed by atoms with Crippen LogP contribution in [-0.4, -0.2) is 81.7 Å². The molecule has 0 spiro atoms. The van der Waals surface area contributed by atoms with Crippen LogP contribution in [-0.2, 0) is 39.7 Å². The standard InChI is InChI=1S/C34H38O6.C32H34O3.C2H6O2.CH2O.Na.H2O/c1-19-12-27(14-22(17-35)30(19)38)34(6,28-13-20(2)31(39)23(15-28)18-36)25-9-7-24(8-10-25)33(4,5)26-11-21(3)32(40)29(37)16-26;1-20-17-25(11-14-28(20)33)31(4,5)23-7-9-24(10-8-23)32(6,26-12-15-29(34)21(2)18-26)27-13-16-30(35)22(3)19-27;3-1-2-4;1-2;;/h7-16,35-40H,17-18H2,1-6H3;7-19,33-35H,1-6H3;3-4H,1-2H2;1H2;;1H2/q;;;;+1;/p-1. The minimum Gasteiger partial charge on any atom is -0.870 e. The number of carbonyl (C=O) groups is 1. The number of aliphatic hydroxyl groups is 4. The Morgan fingerprint density at radius 2 is 0.578 bits per heavy atom. The molecule has 0 fully saturated rings. The molecule has 0 aliphatic carbocycles. The van der Waals surface area contributed by atoms with Crippen LogP contribution in [0.2, 0.25) is 0 Å². The fourth-order valence-electron chi connectivity index (χ4n) is 10.4. The Morgan fingerprint density at radius 1 is 0.313 bits per heavy atom. The molecule has 0 aliphatic rings. The fourth-order valence-corrected chi connectivity index (χ4v) is 10.4. The molecule has 12 N–H and O–H groups in total. The Kier molecular flexibility index (Phi) is 24.4. The van der Waals surface area contributed by atoms with E-state index in [9.17, 15) is 46.0 Å². The van der Waals surface area contributed by atoms with Crippen molar-refractivity contribution in [2.24, 2.45) is 0 Å². The van der Waals surface area contributed by atoms with Gasteiger partial charge in [0.25, 0.3) is 0 Å². The minimum absolute atomic E-state index is 0. The Labute approximate surface area is 510 Å². The average Bonchev–Trinajstić information content (AvgIpc) is 3.65. The van der Waals surface area contributed by atoms with Gasteiger partial charge in [-0.25, -0.2) is 0 Å². The van der Waals surface area contributed by atoms with Crippen LogP contribution < -0.4 is 29.6 Å². The van der Waals surface area contributed by atoms with Gasteiger partial charge in [-0.15, -0.1) is 0 Å². The number of carbonyl (C=O) groups excluding carboxylic acids is 1. The van der Waals surface area contributed by atoms with Crippen molar-refractivity contribution >= 4 is 6.79 Å². The van der Waals surface area contributed by atoms with Crippen LogP contribution in [0.25, 0.3) is 0 Å². The number of rotatable bonds is 13. The Morgan fingerprint density at radius 3 is 0.904 bits per heavy atom. The van der Waals surface area contributed by atoms with E-state index in [1.807, 2.05) is 106 Å². The van der Waals surface area contributed by atoms with E-state index < -0.39 is 16.2 Å². The van der Waals surface area contributed by atoms with Gasteiger partial charge in [0.05, 0.1) is 26.4 Å². The van der Waals surface area contributed by atoms with Crippen molar-refractivity contribution in [1.82, 2.24) is 0 Å². The van der Waals surface area contributed by atoms with Gasteiger partial charge >= 0.3 is 29.6 Å². The van der Waals surface area contributed by atoms with E-state index in [-0.39, 0.29) is 101 Å². The first-order chi connectivity index (χ1) is 38.1. The molecule has 436 valence electrons. The van der Waals surface area contributed by atoms with E-state index >= 15 is 0 Å². The van der Waals surface area contributed by atoms with Crippen LogP contribution in [0.15, 0.2) is 140 Å². The van der Waals surface area contributed by atoms with Gasteiger partial charge in [-0.05, 0) is 181 Å². The largest absolute Gasteiger partial charge is 1.00 e. The van der Waals surface area contributed by atoms with Gasteiger partial charge in [0, 0.05) is 32.8 Å². The number of hydrogen-bond acceptors (Lipinski definition) is 13. The second-order valence-electron chi connectivity index (χ2n) is 22.2. The third kappa shape index (κ3) is 14.6. The van der Waals surface area contributed by atoms with Crippen LogP contribution in [0.1, 0.15) is 142 Å². The summed E-state index contributed by atoms with van der Waals surface area (Å²) in [4.78, 5) is 8.00. The number of phenols is 7. The summed E-state index contributed by atoms with van der Waals surface area (Å²) in [5, 5.41) is 107. The predicted octanol–water partition coefficient (Wildman–Crippen LogP) is 9.12. The first-order valence-corrected chi connectivity index (χ1v) is 26.6. The van der Waals surface area contributed by atoms with Crippen molar-refractivity contribution in [3.63, 3.8) is 0 Å². The average molecular weight is 1140 g/mol. The Hall–Kier alpha value is -7.17. The molecule has 0 aromatic heterocycles. The number of aryl methyl sites for hydroxylation is 6. The van der Waals surface area contributed by atoms with Gasteiger partial charge in [-0.2, -0.15) is 0 Å². The topological polar surface area (TPSA) is 270 Å². The molecular weight excluding hydrogens is 1060 g/mol. The quantitative estimate of drug-likeness (QED) is 0.0293. The summed E-state index contributed by atoms with van der Waals surface area (Å²) in [6.45, 7) is 24.9. The third-order valence-corrected chi connectivity index (χ3v) is 16.2. The van der Waals surface area contributed by atoms with Crippen molar-refractivity contribution in [2.45, 2.75) is 118 Å². The molecule has 0 atom stereocenters. The second kappa shape index (κ2) is 28.9. The van der Waals surface area contributed by atoms with Gasteiger partial charge in [0.1, 0.15) is 35.5 Å². The SMILES string of the molecule is C=O.Cc1cc(C(C)(C)c2ccc(C(C)(c3cc(C)c(O)c(CO)c3)c3cc(C)c(O)c(CO)c3)cc2)cc(O)c1O.Cc1cc(C(C)(C)c2ccc(C(C)(c3ccc(O)c(C)c3)c3ccc(O)c(C)c3)cc2)ccc1O.OCCO.[Na+].[OH-]. The first kappa shape index (κ1) is 70.1. The number of aliphatic hydroxyl groups excluding tert-OH is 4. The van der Waals surface area contributed by atoms with Crippen LogP contribution in [0.5, 0.6) is 40.2 Å². The molecule has 0 aliphatic heterocycles. The molecule has 8 aromatic carbocycles. The summed E-state index contributed by atoms with van der Waals surface area (Å²) in [5.41, 5.74) is 13.3. The molecule has 0 radical (unpaired) electrons. The van der Waals surface area contributed by atoms with E-state index in [0.29, 0.717) is 33.6 Å². The zero-order valence-corrected chi connectivity index (χ0v) is 52.1. The third-order valence-electron chi connectivity index (χ3n) is 16.2. The Balaban J connectivity index is 0.000000391. The molecule has 0 saturated heterocycles. The van der Waals surface area contributed by atoms with Crippen LogP contribution >= 0.6 is 0 Å². The molecule has 0 unspecified atom stereocenters. The summed E-state index contributed by atoms with van der Waals surface area (Å²) < 4.78 is 0. The van der Waals surface area contributed by atoms with Crippen molar-refractivity contribution in [2.75, 3.05) is 13.2 Å². The van der Waals surface area contributed by atoms with Crippen molar-refractivity contribution in [3.8, 4) is 40.2 Å². The van der Waals surface area contributed by atoms with Gasteiger partial charge in [-0.3, -0.25) is 0 Å². The Bertz CT molecular complexity index is 3340. The summed E-state index contributed by atoms with van der Waals surface area (Å²) in [6.07, 6.45) is 0. The predicted molar refractivity (Wildman–Crippen MR) is 322 cm³/mol. The molecule has 0 heterocycles. The number of aromatic hydroxyl groups is 7. The van der Waals surface area contributed by atoms with Crippen LogP contribution in [0.4, 0.5) is 0 Å². The van der Waals surface area contributed by atoms with E-state index in [2.05, 4.69) is 65.8 Å². The first-order valence-electron chi connectivity index (χ1n) is 26.6. The van der Waals surface area contributed by atoms with E-state index in [1.165, 1.54) is 5.56 Å². The summed E-state index contributed by atoms with van der Waals surface area (Å²) in [6, 6.07) is 45.0. The van der Waals surface area contributed by atoms with Crippen molar-refractivity contribution < 1.29 is 96.0 Å². The van der Waals surface area contributed by atoms with Crippen LogP contribution in [0.3, 0.4) is 0 Å². The van der Waals surface area contributed by atoms with E-state index in [0.717, 1.165) is 66.8 Å². The number of hydrogen-bond donors (Lipinski definition) is 11. The van der Waals surface area contributed by atoms with Gasteiger partial charge < -0.3 is 66.4 Å².